The van der Waals surface area contributed by atoms with Gasteiger partial charge in [0, 0.05) is 19.6 Å². The van der Waals surface area contributed by atoms with E-state index in [-0.39, 0.29) is 17.9 Å². The molecule has 0 spiro atoms. The molecule has 154 valence electrons. The van der Waals surface area contributed by atoms with Crippen LogP contribution in [0.15, 0.2) is 48.5 Å². The van der Waals surface area contributed by atoms with Gasteiger partial charge >= 0.3 is 5.97 Å². The summed E-state index contributed by atoms with van der Waals surface area (Å²) >= 11 is 0. The maximum absolute atomic E-state index is 13.1. The van der Waals surface area contributed by atoms with Gasteiger partial charge in [0.25, 0.3) is 0 Å². The summed E-state index contributed by atoms with van der Waals surface area (Å²) in [6, 6.07) is 13.5. The summed E-state index contributed by atoms with van der Waals surface area (Å²) in [5, 5.41) is 10.6. The molecule has 6 heteroatoms. The number of carbonyl (C=O) groups is 1. The molecule has 1 aliphatic carbocycles. The number of aliphatic hydroxyl groups is 1. The third-order valence-corrected chi connectivity index (χ3v) is 6.02. The Morgan fingerprint density at radius 3 is 2.59 bits per heavy atom. The normalized spacial score (nSPS) is 26.7. The van der Waals surface area contributed by atoms with Crippen molar-refractivity contribution in [3.05, 3.63) is 65.5 Å². The van der Waals surface area contributed by atoms with Crippen molar-refractivity contribution in [2.75, 3.05) is 20.2 Å². The molecule has 2 fully saturated rings. The smallest absolute Gasteiger partial charge is 0.337 e. The van der Waals surface area contributed by atoms with E-state index < -0.39 is 6.10 Å². The highest BCUT2D eigenvalue weighted by Crippen LogP contribution is 2.38. The molecule has 29 heavy (non-hydrogen) atoms. The quantitative estimate of drug-likeness (QED) is 0.782. The lowest BCUT2D eigenvalue weighted by molar-refractivity contribution is -0.0231. The molecule has 2 aromatic carbocycles. The van der Waals surface area contributed by atoms with Gasteiger partial charge in [-0.15, -0.1) is 0 Å². The number of halogens is 1. The Hall–Kier alpha value is -2.44. The third-order valence-electron chi connectivity index (χ3n) is 6.02. The molecule has 0 unspecified atom stereocenters. The molecule has 1 aliphatic heterocycles. The Labute approximate surface area is 170 Å². The lowest BCUT2D eigenvalue weighted by atomic mass is 9.78. The molecule has 0 radical (unpaired) electrons. The fourth-order valence-corrected chi connectivity index (χ4v) is 4.60. The van der Waals surface area contributed by atoms with Gasteiger partial charge in [-0.05, 0) is 66.6 Å². The monoisotopic (exact) mass is 399 g/mol. The molecule has 0 aromatic heterocycles. The van der Waals surface area contributed by atoms with Gasteiger partial charge in [0.15, 0.2) is 0 Å². The largest absolute Gasteiger partial charge is 0.488 e. The van der Waals surface area contributed by atoms with Gasteiger partial charge < -0.3 is 14.6 Å². The van der Waals surface area contributed by atoms with Crippen LogP contribution in [0.4, 0.5) is 4.39 Å². The van der Waals surface area contributed by atoms with Crippen molar-refractivity contribution in [3.63, 3.8) is 0 Å². The molecule has 2 aliphatic rings. The third kappa shape index (κ3) is 4.60. The molecule has 1 saturated carbocycles. The molecule has 1 heterocycles. The Morgan fingerprint density at radius 1 is 1.14 bits per heavy atom. The minimum Gasteiger partial charge on any atom is -0.488 e. The number of methoxy groups -OCH3 is 1. The van der Waals surface area contributed by atoms with Crippen molar-refractivity contribution >= 4 is 5.97 Å². The average molecular weight is 399 g/mol. The zero-order chi connectivity index (χ0) is 20.4. The second-order valence-corrected chi connectivity index (χ2v) is 8.06. The number of hydrogen-bond donors (Lipinski definition) is 1. The molecule has 1 N–H and O–H groups in total. The van der Waals surface area contributed by atoms with Crippen molar-refractivity contribution in [3.8, 4) is 5.75 Å². The summed E-state index contributed by atoms with van der Waals surface area (Å²) in [5.41, 5.74) is 1.64. The lowest BCUT2D eigenvalue weighted by Gasteiger charge is -2.35. The van der Waals surface area contributed by atoms with Gasteiger partial charge in [-0.2, -0.15) is 0 Å². The van der Waals surface area contributed by atoms with Crippen molar-refractivity contribution in [2.24, 2.45) is 11.8 Å². The van der Waals surface area contributed by atoms with Crippen LogP contribution < -0.4 is 4.74 Å². The number of benzene rings is 2. The fourth-order valence-electron chi connectivity index (χ4n) is 4.60. The van der Waals surface area contributed by atoms with E-state index in [1.54, 1.807) is 18.2 Å². The van der Waals surface area contributed by atoms with Crippen molar-refractivity contribution in [1.82, 2.24) is 4.90 Å². The van der Waals surface area contributed by atoms with Crippen LogP contribution in [-0.4, -0.2) is 48.4 Å². The van der Waals surface area contributed by atoms with Gasteiger partial charge in [0.1, 0.15) is 17.7 Å². The number of nitrogens with zero attached hydrogens (tertiary/aromatic N) is 1. The van der Waals surface area contributed by atoms with Gasteiger partial charge in [-0.25, -0.2) is 9.18 Å². The molecule has 2 aromatic rings. The van der Waals surface area contributed by atoms with Gasteiger partial charge in [0.05, 0.1) is 18.8 Å². The zero-order valence-corrected chi connectivity index (χ0v) is 16.5. The van der Waals surface area contributed by atoms with Crippen LogP contribution in [0.3, 0.4) is 0 Å². The van der Waals surface area contributed by atoms with E-state index in [0.29, 0.717) is 29.6 Å². The highest BCUT2D eigenvalue weighted by atomic mass is 19.1. The predicted molar refractivity (Wildman–Crippen MR) is 106 cm³/mol. The highest BCUT2D eigenvalue weighted by Gasteiger charge is 2.42. The second-order valence-electron chi connectivity index (χ2n) is 8.06. The number of hydrogen-bond acceptors (Lipinski definition) is 5. The topological polar surface area (TPSA) is 59.0 Å². The van der Waals surface area contributed by atoms with Crippen molar-refractivity contribution in [1.29, 1.82) is 0 Å². The number of rotatable bonds is 5. The van der Waals surface area contributed by atoms with Crippen molar-refractivity contribution < 1.29 is 23.8 Å². The molecule has 5 nitrogen and oxygen atoms in total. The first-order chi connectivity index (χ1) is 14.0. The van der Waals surface area contributed by atoms with E-state index in [1.807, 2.05) is 18.2 Å². The number of aliphatic hydroxyl groups excluding tert-OH is 1. The number of ether oxygens (including phenoxy) is 2. The molecular formula is C23H26FNO4. The van der Waals surface area contributed by atoms with Crippen LogP contribution in [0.2, 0.25) is 0 Å². The van der Waals surface area contributed by atoms with Crippen molar-refractivity contribution in [2.45, 2.75) is 31.6 Å². The van der Waals surface area contributed by atoms with Gasteiger partial charge in [0.2, 0.25) is 0 Å². The predicted octanol–water partition coefficient (Wildman–Crippen LogP) is 3.26. The SMILES string of the molecule is COC(=O)c1cccc(CN2C[C@H]3C[C@@H](Oc4ccc(F)cc4)[C@H](O)C[C@H]3C2)c1. The maximum Gasteiger partial charge on any atom is 0.337 e. The number of likely N-dealkylation sites (tertiary alicyclic amines) is 1. The fraction of sp³-hybridized carbons (Fsp3) is 0.435. The molecule has 0 bridgehead atoms. The Kier molecular flexibility index (Phi) is 5.83. The zero-order valence-electron chi connectivity index (χ0n) is 16.5. The summed E-state index contributed by atoms with van der Waals surface area (Å²) in [7, 11) is 1.38. The summed E-state index contributed by atoms with van der Waals surface area (Å²) in [4.78, 5) is 14.1. The Balaban J connectivity index is 1.37. The van der Waals surface area contributed by atoms with Crippen LogP contribution in [0, 0.1) is 17.7 Å². The summed E-state index contributed by atoms with van der Waals surface area (Å²) < 4.78 is 23.8. The van der Waals surface area contributed by atoms with Gasteiger partial charge in [-0.1, -0.05) is 12.1 Å². The minimum atomic E-state index is -0.524. The Morgan fingerprint density at radius 2 is 1.86 bits per heavy atom. The van der Waals surface area contributed by atoms with Crippen LogP contribution in [0.1, 0.15) is 28.8 Å². The van der Waals surface area contributed by atoms with E-state index in [1.165, 1.54) is 19.2 Å². The van der Waals surface area contributed by atoms with Crippen LogP contribution >= 0.6 is 0 Å². The second kappa shape index (κ2) is 8.51. The number of fused-ring (bicyclic) bond motifs is 1. The van der Waals surface area contributed by atoms with E-state index in [2.05, 4.69) is 4.90 Å². The molecular weight excluding hydrogens is 373 g/mol. The first kappa shape index (κ1) is 19.9. The Bertz CT molecular complexity index is 856. The first-order valence-electron chi connectivity index (χ1n) is 10.0. The number of carbonyl (C=O) groups excluding carboxylic acids is 1. The molecule has 4 rings (SSSR count). The summed E-state index contributed by atoms with van der Waals surface area (Å²) in [6.45, 7) is 2.62. The van der Waals surface area contributed by atoms with Crippen LogP contribution in [-0.2, 0) is 11.3 Å². The molecule has 4 atom stereocenters. The van der Waals surface area contributed by atoms with Crippen LogP contribution in [0.25, 0.3) is 0 Å². The van der Waals surface area contributed by atoms with E-state index in [4.69, 9.17) is 9.47 Å². The van der Waals surface area contributed by atoms with E-state index in [9.17, 15) is 14.3 Å². The molecule has 1 saturated heterocycles. The lowest BCUT2D eigenvalue weighted by Crippen LogP contribution is -2.42. The standard InChI is InChI=1S/C23H26FNO4/c1-28-23(27)16-4-2-3-15(9-16)12-25-13-17-10-21(26)22(11-18(17)14-25)29-20-7-5-19(24)6-8-20/h2-9,17-18,21-22,26H,10-14H2,1H3/t17-,18+,21+,22+/m0/s1. The number of esters is 1. The highest BCUT2D eigenvalue weighted by molar-refractivity contribution is 5.89. The first-order valence-corrected chi connectivity index (χ1v) is 10.0. The van der Waals surface area contributed by atoms with Gasteiger partial charge in [-0.3, -0.25) is 4.90 Å². The summed E-state index contributed by atoms with van der Waals surface area (Å²) in [6.07, 6.45) is 0.685. The van der Waals surface area contributed by atoms with E-state index >= 15 is 0 Å². The van der Waals surface area contributed by atoms with Crippen LogP contribution in [0.5, 0.6) is 5.75 Å². The molecule has 0 amide bonds. The average Bonchev–Trinajstić information content (AvgIpc) is 3.10. The summed E-state index contributed by atoms with van der Waals surface area (Å²) in [5.74, 6) is 0.841. The minimum absolute atomic E-state index is 0.274. The van der Waals surface area contributed by atoms with E-state index in [0.717, 1.165) is 31.6 Å². The maximum atomic E-state index is 13.1.